The fourth-order valence-electron chi connectivity index (χ4n) is 4.10. The number of halogens is 1. The normalized spacial score (nSPS) is 18.1. The van der Waals surface area contributed by atoms with Gasteiger partial charge in [-0.2, -0.15) is 0 Å². The molecule has 1 aromatic heterocycles. The quantitative estimate of drug-likeness (QED) is 0.719. The van der Waals surface area contributed by atoms with Crippen molar-refractivity contribution in [3.05, 3.63) is 65.7 Å². The van der Waals surface area contributed by atoms with Crippen LogP contribution in [0.1, 0.15) is 11.1 Å². The van der Waals surface area contributed by atoms with Crippen LogP contribution in [-0.4, -0.2) is 40.0 Å². The summed E-state index contributed by atoms with van der Waals surface area (Å²) in [7, 11) is 1.96. The molecule has 7 nitrogen and oxygen atoms in total. The predicted molar refractivity (Wildman–Crippen MR) is 110 cm³/mol. The number of aliphatic hydroxyl groups excluding tert-OH is 1. The second kappa shape index (κ2) is 7.14. The summed E-state index contributed by atoms with van der Waals surface area (Å²) in [6.45, 7) is 1.43. The predicted octanol–water partition coefficient (Wildman–Crippen LogP) is 3.06. The van der Waals surface area contributed by atoms with Crippen molar-refractivity contribution in [2.75, 3.05) is 23.0 Å². The maximum absolute atomic E-state index is 14.9. The van der Waals surface area contributed by atoms with Crippen LogP contribution in [0.5, 0.6) is 0 Å². The first-order valence-corrected chi connectivity index (χ1v) is 9.76. The molecule has 0 bridgehead atoms. The number of fused-ring (bicyclic) bond motifs is 1. The minimum Gasteiger partial charge on any atom is -0.441 e. The third-order valence-electron chi connectivity index (χ3n) is 5.66. The van der Waals surface area contributed by atoms with Gasteiger partial charge in [0.05, 0.1) is 18.8 Å². The molecule has 1 amide bonds. The molecule has 3 aromatic rings. The van der Waals surface area contributed by atoms with E-state index in [2.05, 4.69) is 9.88 Å². The summed E-state index contributed by atoms with van der Waals surface area (Å²) in [6, 6.07) is 10.7. The van der Waals surface area contributed by atoms with Crippen molar-refractivity contribution in [3.63, 3.8) is 0 Å². The highest BCUT2D eigenvalue weighted by molar-refractivity contribution is 5.90. The van der Waals surface area contributed by atoms with Gasteiger partial charge in [0.15, 0.2) is 0 Å². The fraction of sp³-hybridized carbons (Fsp3) is 0.273. The molecule has 154 valence electrons. The number of carbonyl (C=O) groups excluding carboxylic acids is 1. The summed E-state index contributed by atoms with van der Waals surface area (Å²) in [5.41, 5.74) is 4.03. The van der Waals surface area contributed by atoms with Gasteiger partial charge in [-0.1, -0.05) is 12.1 Å². The van der Waals surface area contributed by atoms with E-state index >= 15 is 0 Å². The SMILES string of the molecule is Cn1ccnc1N1Cc2ccc(-c3ccc(N4CC(CO)OC4=O)cc3F)cc2C1. The van der Waals surface area contributed by atoms with Gasteiger partial charge in [-0.05, 0) is 41.0 Å². The van der Waals surface area contributed by atoms with Crippen LogP contribution in [0, 0.1) is 5.82 Å². The molecule has 2 aliphatic rings. The number of amides is 1. The van der Waals surface area contributed by atoms with Crippen molar-refractivity contribution in [2.45, 2.75) is 19.2 Å². The van der Waals surface area contributed by atoms with Crippen LogP contribution in [0.4, 0.5) is 20.8 Å². The van der Waals surface area contributed by atoms with Crippen LogP contribution in [0.25, 0.3) is 11.1 Å². The number of aromatic nitrogens is 2. The summed E-state index contributed by atoms with van der Waals surface area (Å²) in [6.07, 6.45) is 2.53. The highest BCUT2D eigenvalue weighted by atomic mass is 19.1. The van der Waals surface area contributed by atoms with E-state index in [1.165, 1.54) is 16.5 Å². The van der Waals surface area contributed by atoms with Gasteiger partial charge in [-0.15, -0.1) is 0 Å². The lowest BCUT2D eigenvalue weighted by Gasteiger charge is -2.16. The third-order valence-corrected chi connectivity index (χ3v) is 5.66. The van der Waals surface area contributed by atoms with Crippen LogP contribution < -0.4 is 9.80 Å². The molecule has 30 heavy (non-hydrogen) atoms. The number of nitrogens with zero attached hydrogens (tertiary/aromatic N) is 4. The lowest BCUT2D eigenvalue weighted by Crippen LogP contribution is -2.25. The molecule has 8 heteroatoms. The number of aliphatic hydroxyl groups is 1. The van der Waals surface area contributed by atoms with Gasteiger partial charge in [0.25, 0.3) is 0 Å². The highest BCUT2D eigenvalue weighted by Crippen LogP contribution is 2.33. The Kier molecular flexibility index (Phi) is 4.43. The summed E-state index contributed by atoms with van der Waals surface area (Å²) in [5.74, 6) is 0.494. The molecule has 2 aliphatic heterocycles. The Morgan fingerprint density at radius 1 is 1.20 bits per heavy atom. The van der Waals surface area contributed by atoms with E-state index in [-0.39, 0.29) is 13.2 Å². The summed E-state index contributed by atoms with van der Waals surface area (Å²) in [5, 5.41) is 9.18. The molecule has 2 aromatic carbocycles. The number of cyclic esters (lactones) is 1. The first-order chi connectivity index (χ1) is 14.5. The zero-order valence-electron chi connectivity index (χ0n) is 16.5. The summed E-state index contributed by atoms with van der Waals surface area (Å²) in [4.78, 5) is 19.9. The number of anilines is 2. The number of imidazole rings is 1. The molecule has 0 radical (unpaired) electrons. The molecule has 1 unspecified atom stereocenters. The number of carbonyl (C=O) groups is 1. The minimum atomic E-state index is -0.585. The van der Waals surface area contributed by atoms with Gasteiger partial charge in [0, 0.05) is 38.1 Å². The number of hydrogen-bond acceptors (Lipinski definition) is 5. The van der Waals surface area contributed by atoms with Crippen molar-refractivity contribution in [1.29, 1.82) is 0 Å². The molecule has 1 saturated heterocycles. The van der Waals surface area contributed by atoms with Crippen molar-refractivity contribution in [1.82, 2.24) is 9.55 Å². The number of hydrogen-bond donors (Lipinski definition) is 1. The fourth-order valence-corrected chi connectivity index (χ4v) is 4.10. The van der Waals surface area contributed by atoms with Crippen molar-refractivity contribution in [3.8, 4) is 11.1 Å². The average Bonchev–Trinajstić information content (AvgIpc) is 3.44. The maximum atomic E-state index is 14.9. The molecular weight excluding hydrogens is 387 g/mol. The molecule has 0 aliphatic carbocycles. The zero-order chi connectivity index (χ0) is 20.8. The van der Waals surface area contributed by atoms with E-state index in [9.17, 15) is 14.3 Å². The Bertz CT molecular complexity index is 1130. The standard InChI is InChI=1S/C22H21FN4O3/c1-25-7-6-24-21(25)26-10-15-3-2-14(8-16(15)11-26)19-5-4-17(9-20(19)23)27-12-18(13-28)30-22(27)29/h2-9,18,28H,10-13H2,1H3. The monoisotopic (exact) mass is 408 g/mol. The molecule has 1 atom stereocenters. The van der Waals surface area contributed by atoms with Crippen molar-refractivity contribution in [2.24, 2.45) is 7.05 Å². The van der Waals surface area contributed by atoms with Crippen LogP contribution in [-0.2, 0) is 24.9 Å². The van der Waals surface area contributed by atoms with E-state index in [1.54, 1.807) is 18.3 Å². The van der Waals surface area contributed by atoms with E-state index in [4.69, 9.17) is 4.74 Å². The minimum absolute atomic E-state index is 0.204. The molecule has 3 heterocycles. The van der Waals surface area contributed by atoms with Crippen LogP contribution in [0.3, 0.4) is 0 Å². The maximum Gasteiger partial charge on any atom is 0.414 e. The number of ether oxygens (including phenoxy) is 1. The van der Waals surface area contributed by atoms with Gasteiger partial charge in [-0.3, -0.25) is 4.90 Å². The highest BCUT2D eigenvalue weighted by Gasteiger charge is 2.32. The van der Waals surface area contributed by atoms with Crippen molar-refractivity contribution < 1.29 is 19.0 Å². The molecule has 0 spiro atoms. The Labute approximate surface area is 172 Å². The first kappa shape index (κ1) is 18.6. The first-order valence-electron chi connectivity index (χ1n) is 9.76. The average molecular weight is 408 g/mol. The molecular formula is C22H21FN4O3. The lowest BCUT2D eigenvalue weighted by molar-refractivity contribution is 0.0963. The third kappa shape index (κ3) is 3.09. The number of benzene rings is 2. The lowest BCUT2D eigenvalue weighted by atomic mass is 10.00. The Balaban J connectivity index is 1.40. The second-order valence-electron chi connectivity index (χ2n) is 7.64. The smallest absolute Gasteiger partial charge is 0.414 e. The van der Waals surface area contributed by atoms with E-state index in [1.807, 2.05) is 36.0 Å². The summed E-state index contributed by atoms with van der Waals surface area (Å²) >= 11 is 0. The Morgan fingerprint density at radius 2 is 2.03 bits per heavy atom. The van der Waals surface area contributed by atoms with E-state index in [0.29, 0.717) is 11.3 Å². The topological polar surface area (TPSA) is 70.8 Å². The number of rotatable bonds is 4. The van der Waals surface area contributed by atoms with Crippen LogP contribution in [0.15, 0.2) is 48.8 Å². The van der Waals surface area contributed by atoms with Gasteiger partial charge >= 0.3 is 6.09 Å². The zero-order valence-corrected chi connectivity index (χ0v) is 16.5. The molecule has 5 rings (SSSR count). The van der Waals surface area contributed by atoms with Crippen molar-refractivity contribution >= 4 is 17.7 Å². The molecule has 0 saturated carbocycles. The van der Waals surface area contributed by atoms with Crippen LogP contribution in [0.2, 0.25) is 0 Å². The Morgan fingerprint density at radius 3 is 2.73 bits per heavy atom. The van der Waals surface area contributed by atoms with Gasteiger partial charge < -0.3 is 19.3 Å². The largest absolute Gasteiger partial charge is 0.441 e. The van der Waals surface area contributed by atoms with E-state index < -0.39 is 18.0 Å². The van der Waals surface area contributed by atoms with Gasteiger partial charge in [0.1, 0.15) is 11.9 Å². The molecule has 1 N–H and O–H groups in total. The van der Waals surface area contributed by atoms with Gasteiger partial charge in [0.2, 0.25) is 5.95 Å². The summed E-state index contributed by atoms with van der Waals surface area (Å²) < 4.78 is 22.0. The van der Waals surface area contributed by atoms with Crippen LogP contribution >= 0.6 is 0 Å². The molecule has 1 fully saturated rings. The Hall–Kier alpha value is -3.39. The van der Waals surface area contributed by atoms with E-state index in [0.717, 1.165) is 30.2 Å². The second-order valence-corrected chi connectivity index (χ2v) is 7.64. The number of aryl methyl sites for hydroxylation is 1. The van der Waals surface area contributed by atoms with Gasteiger partial charge in [-0.25, -0.2) is 14.2 Å².